The minimum Gasteiger partial charge on any atom is -0.389 e. The second-order valence-corrected chi connectivity index (χ2v) is 7.98. The smallest absolute Gasteiger partial charge is 0.389 e. The first-order chi connectivity index (χ1) is 14.8. The number of nitrogens with zero attached hydrogens (tertiary/aromatic N) is 4. The zero-order chi connectivity index (χ0) is 23.7. The molecule has 1 fully saturated rings. The number of hydrogen-bond donors (Lipinski definition) is 3. The Bertz CT molecular complexity index is 1020. The number of rotatable bonds is 6. The molecule has 2 heterocycles. The second kappa shape index (κ2) is 8.61. The number of piperazine rings is 1. The van der Waals surface area contributed by atoms with Gasteiger partial charge in [-0.1, -0.05) is 6.07 Å². The van der Waals surface area contributed by atoms with Crippen LogP contribution in [0.3, 0.4) is 0 Å². The Balaban J connectivity index is 1.81. The maximum absolute atomic E-state index is 13.0. The Morgan fingerprint density at radius 2 is 1.94 bits per heavy atom. The average molecular weight is 452 g/mol. The third-order valence-corrected chi connectivity index (χ3v) is 4.66. The fourth-order valence-corrected chi connectivity index (χ4v) is 3.07. The molecule has 2 amide bonds. The van der Waals surface area contributed by atoms with Gasteiger partial charge in [0.25, 0.3) is 5.91 Å². The SMILES string of the molecule is CC(C)(O)CNc1cc(C(N)=O)nc(N2CCN(c3cccc(C(F)(F)F)c3)C(=O)C2)n1. The zero-order valence-corrected chi connectivity index (χ0v) is 17.5. The summed E-state index contributed by atoms with van der Waals surface area (Å²) in [5.41, 5.74) is 3.51. The van der Waals surface area contributed by atoms with Crippen molar-refractivity contribution in [3.8, 4) is 0 Å². The van der Waals surface area contributed by atoms with Crippen LogP contribution < -0.4 is 20.9 Å². The van der Waals surface area contributed by atoms with Crippen LogP contribution in [0.1, 0.15) is 29.9 Å². The molecule has 0 unspecified atom stereocenters. The van der Waals surface area contributed by atoms with E-state index in [0.717, 1.165) is 12.1 Å². The number of carbonyl (C=O) groups is 2. The number of halogens is 3. The van der Waals surface area contributed by atoms with E-state index in [1.165, 1.54) is 28.0 Å². The van der Waals surface area contributed by atoms with E-state index >= 15 is 0 Å². The summed E-state index contributed by atoms with van der Waals surface area (Å²) in [5, 5.41) is 12.8. The van der Waals surface area contributed by atoms with E-state index in [4.69, 9.17) is 5.73 Å². The summed E-state index contributed by atoms with van der Waals surface area (Å²) >= 11 is 0. The van der Waals surface area contributed by atoms with Gasteiger partial charge in [-0.05, 0) is 32.0 Å². The molecule has 32 heavy (non-hydrogen) atoms. The van der Waals surface area contributed by atoms with Crippen molar-refractivity contribution in [3.05, 3.63) is 41.6 Å². The Labute approximate surface area is 182 Å². The maximum atomic E-state index is 13.0. The van der Waals surface area contributed by atoms with Crippen molar-refractivity contribution in [2.45, 2.75) is 25.6 Å². The van der Waals surface area contributed by atoms with Crippen LogP contribution in [0.2, 0.25) is 0 Å². The minimum absolute atomic E-state index is 0.0663. The molecule has 1 aromatic carbocycles. The number of aliphatic hydroxyl groups is 1. The minimum atomic E-state index is -4.52. The molecule has 1 saturated heterocycles. The van der Waals surface area contributed by atoms with E-state index in [1.807, 2.05) is 0 Å². The van der Waals surface area contributed by atoms with Gasteiger partial charge in [0.2, 0.25) is 11.9 Å². The Kier molecular flexibility index (Phi) is 6.26. The van der Waals surface area contributed by atoms with E-state index in [9.17, 15) is 27.9 Å². The number of nitrogens with one attached hydrogen (secondary N) is 1. The fourth-order valence-electron chi connectivity index (χ4n) is 3.07. The van der Waals surface area contributed by atoms with E-state index < -0.39 is 29.2 Å². The lowest BCUT2D eigenvalue weighted by Crippen LogP contribution is -2.51. The van der Waals surface area contributed by atoms with Gasteiger partial charge in [-0.3, -0.25) is 9.59 Å². The largest absolute Gasteiger partial charge is 0.416 e. The Morgan fingerprint density at radius 1 is 1.22 bits per heavy atom. The summed E-state index contributed by atoms with van der Waals surface area (Å²) in [6.45, 7) is 3.41. The molecule has 0 atom stereocenters. The molecule has 1 aliphatic heterocycles. The number of benzene rings is 1. The van der Waals surface area contributed by atoms with Gasteiger partial charge in [0.15, 0.2) is 0 Å². The first kappa shape index (κ1) is 23.3. The third kappa shape index (κ3) is 5.63. The van der Waals surface area contributed by atoms with Gasteiger partial charge >= 0.3 is 6.18 Å². The highest BCUT2D eigenvalue weighted by molar-refractivity contribution is 5.97. The van der Waals surface area contributed by atoms with Gasteiger partial charge in [-0.25, -0.2) is 4.98 Å². The molecule has 1 aliphatic rings. The summed E-state index contributed by atoms with van der Waals surface area (Å²) in [7, 11) is 0. The van der Waals surface area contributed by atoms with Gasteiger partial charge in [0.05, 0.1) is 11.2 Å². The van der Waals surface area contributed by atoms with Gasteiger partial charge in [-0.2, -0.15) is 18.2 Å². The molecule has 2 aromatic rings. The number of hydrogen-bond acceptors (Lipinski definition) is 7. The maximum Gasteiger partial charge on any atom is 0.416 e. The molecule has 0 saturated carbocycles. The monoisotopic (exact) mass is 452 g/mol. The number of amides is 2. The molecule has 0 radical (unpaired) electrons. The molecule has 3 rings (SSSR count). The summed E-state index contributed by atoms with van der Waals surface area (Å²) in [5.74, 6) is -0.946. The Morgan fingerprint density at radius 3 is 2.53 bits per heavy atom. The number of nitrogens with two attached hydrogens (primary N) is 1. The van der Waals surface area contributed by atoms with Crippen LogP contribution >= 0.6 is 0 Å². The molecule has 9 nitrogen and oxygen atoms in total. The van der Waals surface area contributed by atoms with Crippen LogP contribution in [-0.2, 0) is 11.0 Å². The highest BCUT2D eigenvalue weighted by Gasteiger charge is 2.33. The van der Waals surface area contributed by atoms with Crippen molar-refractivity contribution in [2.75, 3.05) is 41.3 Å². The molecular formula is C20H23F3N6O3. The molecule has 12 heteroatoms. The van der Waals surface area contributed by atoms with Gasteiger partial charge < -0.3 is 26.0 Å². The van der Waals surface area contributed by atoms with Crippen LogP contribution in [0.25, 0.3) is 0 Å². The quantitative estimate of drug-likeness (QED) is 0.608. The van der Waals surface area contributed by atoms with Crippen LogP contribution in [0.5, 0.6) is 0 Å². The van der Waals surface area contributed by atoms with E-state index in [0.29, 0.717) is 0 Å². The summed E-state index contributed by atoms with van der Waals surface area (Å²) in [4.78, 5) is 35.5. The summed E-state index contributed by atoms with van der Waals surface area (Å²) in [6, 6.07) is 5.88. The summed E-state index contributed by atoms with van der Waals surface area (Å²) in [6.07, 6.45) is -4.52. The number of alkyl halides is 3. The van der Waals surface area contributed by atoms with Gasteiger partial charge in [0, 0.05) is 31.4 Å². The topological polar surface area (TPSA) is 125 Å². The lowest BCUT2D eigenvalue weighted by Gasteiger charge is -2.34. The zero-order valence-electron chi connectivity index (χ0n) is 17.5. The molecule has 4 N–H and O–H groups in total. The lowest BCUT2D eigenvalue weighted by atomic mass is 10.1. The Hall–Kier alpha value is -3.41. The van der Waals surface area contributed by atoms with Crippen molar-refractivity contribution < 1.29 is 27.9 Å². The van der Waals surface area contributed by atoms with E-state index in [1.54, 1.807) is 13.8 Å². The van der Waals surface area contributed by atoms with Crippen molar-refractivity contribution in [1.29, 1.82) is 0 Å². The van der Waals surface area contributed by atoms with Crippen molar-refractivity contribution >= 4 is 29.3 Å². The van der Waals surface area contributed by atoms with Crippen LogP contribution in [0, 0.1) is 0 Å². The molecule has 0 bridgehead atoms. The predicted molar refractivity (Wildman–Crippen MR) is 111 cm³/mol. The fraction of sp³-hybridized carbons (Fsp3) is 0.400. The number of primary amides is 1. The van der Waals surface area contributed by atoms with Crippen LogP contribution in [0.4, 0.5) is 30.6 Å². The van der Waals surface area contributed by atoms with Crippen LogP contribution in [0.15, 0.2) is 30.3 Å². The molecule has 172 valence electrons. The van der Waals surface area contributed by atoms with Gasteiger partial charge in [0.1, 0.15) is 18.1 Å². The third-order valence-electron chi connectivity index (χ3n) is 4.66. The molecule has 1 aromatic heterocycles. The number of aromatic nitrogens is 2. The highest BCUT2D eigenvalue weighted by Crippen LogP contribution is 2.32. The normalized spacial score (nSPS) is 15.1. The standard InChI is InChI=1S/C20H23F3N6O3/c1-19(2,32)11-25-15-9-14(17(24)31)26-18(27-15)28-6-7-29(16(30)10-28)13-5-3-4-12(8-13)20(21,22)23/h3-5,8-9,32H,6-7,10-11H2,1-2H3,(H2,24,31)(H,25,26,27). The molecule has 0 spiro atoms. The van der Waals surface area contributed by atoms with E-state index in [-0.39, 0.29) is 49.3 Å². The molecule has 0 aliphatic carbocycles. The van der Waals surface area contributed by atoms with Crippen molar-refractivity contribution in [1.82, 2.24) is 9.97 Å². The first-order valence-corrected chi connectivity index (χ1v) is 9.71. The average Bonchev–Trinajstić information content (AvgIpc) is 2.71. The van der Waals surface area contributed by atoms with E-state index in [2.05, 4.69) is 15.3 Å². The predicted octanol–water partition coefficient (Wildman–Crippen LogP) is 1.63. The van der Waals surface area contributed by atoms with Crippen molar-refractivity contribution in [3.63, 3.8) is 0 Å². The lowest BCUT2D eigenvalue weighted by molar-refractivity contribution is -0.137. The number of anilines is 3. The summed E-state index contributed by atoms with van der Waals surface area (Å²) < 4.78 is 39.0. The van der Waals surface area contributed by atoms with Crippen molar-refractivity contribution in [2.24, 2.45) is 5.73 Å². The van der Waals surface area contributed by atoms with Crippen LogP contribution in [-0.4, -0.2) is 58.7 Å². The molecular weight excluding hydrogens is 429 g/mol. The number of carbonyl (C=O) groups excluding carboxylic acids is 2. The second-order valence-electron chi connectivity index (χ2n) is 7.98. The first-order valence-electron chi connectivity index (χ1n) is 9.71. The van der Waals surface area contributed by atoms with Gasteiger partial charge in [-0.15, -0.1) is 0 Å². The highest BCUT2D eigenvalue weighted by atomic mass is 19.4.